The second-order valence-electron chi connectivity index (χ2n) is 5.47. The molecule has 7 nitrogen and oxygen atoms in total. The van der Waals surface area contributed by atoms with Gasteiger partial charge in [0.1, 0.15) is 0 Å². The zero-order chi connectivity index (χ0) is 16.4. The second-order valence-corrected chi connectivity index (χ2v) is 6.25. The molecule has 0 unspecified atom stereocenters. The molecule has 0 atom stereocenters. The summed E-state index contributed by atoms with van der Waals surface area (Å²) in [6.45, 7) is 6.03. The lowest BCUT2D eigenvalue weighted by Crippen LogP contribution is -2.25. The number of thiophene rings is 1. The molecule has 8 heteroatoms. The van der Waals surface area contributed by atoms with Gasteiger partial charge in [-0.15, -0.1) is 0 Å². The Morgan fingerprint density at radius 1 is 1.48 bits per heavy atom. The summed E-state index contributed by atoms with van der Waals surface area (Å²) in [5, 5.41) is 17.6. The Morgan fingerprint density at radius 3 is 3.00 bits per heavy atom. The van der Waals surface area contributed by atoms with Gasteiger partial charge in [-0.3, -0.25) is 9.89 Å². The van der Waals surface area contributed by atoms with Crippen molar-refractivity contribution in [2.45, 2.75) is 33.2 Å². The molecular weight excluding hydrogens is 314 g/mol. The number of aryl methyl sites for hydroxylation is 1. The summed E-state index contributed by atoms with van der Waals surface area (Å²) < 4.78 is 5.19. The molecule has 0 fully saturated rings. The van der Waals surface area contributed by atoms with Gasteiger partial charge in [0, 0.05) is 11.1 Å². The normalized spacial score (nSPS) is 11.1. The number of amides is 1. The molecule has 0 aliphatic carbocycles. The van der Waals surface area contributed by atoms with Crippen LogP contribution in [0.5, 0.6) is 0 Å². The fourth-order valence-corrected chi connectivity index (χ4v) is 2.86. The van der Waals surface area contributed by atoms with E-state index in [0.717, 1.165) is 17.0 Å². The van der Waals surface area contributed by atoms with E-state index in [1.165, 1.54) is 0 Å². The predicted octanol–water partition coefficient (Wildman–Crippen LogP) is 2.88. The molecule has 120 valence electrons. The quantitative estimate of drug-likeness (QED) is 0.749. The Labute approximate surface area is 137 Å². The SMILES string of the molecule is Cc1[nH]nc(C(C)C)c1C(=O)NCc1noc(-c2ccsc2)n1. The van der Waals surface area contributed by atoms with Crippen molar-refractivity contribution in [2.75, 3.05) is 0 Å². The van der Waals surface area contributed by atoms with Crippen molar-refractivity contribution in [1.29, 1.82) is 0 Å². The molecule has 0 saturated heterocycles. The van der Waals surface area contributed by atoms with Gasteiger partial charge in [-0.1, -0.05) is 19.0 Å². The highest BCUT2D eigenvalue weighted by Crippen LogP contribution is 2.21. The zero-order valence-electron chi connectivity index (χ0n) is 13.1. The summed E-state index contributed by atoms with van der Waals surface area (Å²) in [7, 11) is 0. The van der Waals surface area contributed by atoms with Gasteiger partial charge in [-0.2, -0.15) is 21.4 Å². The number of nitrogens with one attached hydrogen (secondary N) is 2. The molecule has 3 heterocycles. The summed E-state index contributed by atoms with van der Waals surface area (Å²) in [6, 6.07) is 1.91. The van der Waals surface area contributed by atoms with Gasteiger partial charge in [0.15, 0.2) is 5.82 Å². The molecule has 0 aliphatic heterocycles. The van der Waals surface area contributed by atoms with E-state index in [0.29, 0.717) is 17.3 Å². The van der Waals surface area contributed by atoms with Crippen molar-refractivity contribution in [3.05, 3.63) is 39.6 Å². The van der Waals surface area contributed by atoms with Crippen LogP contribution in [-0.2, 0) is 6.54 Å². The van der Waals surface area contributed by atoms with Crippen molar-refractivity contribution in [3.63, 3.8) is 0 Å². The Morgan fingerprint density at radius 2 is 2.30 bits per heavy atom. The van der Waals surface area contributed by atoms with Crippen molar-refractivity contribution in [1.82, 2.24) is 25.7 Å². The number of carbonyl (C=O) groups is 1. The number of nitrogens with zero attached hydrogens (tertiary/aromatic N) is 3. The molecule has 0 spiro atoms. The van der Waals surface area contributed by atoms with Gasteiger partial charge in [-0.25, -0.2) is 0 Å². The molecule has 2 N–H and O–H groups in total. The first kappa shape index (κ1) is 15.4. The number of hydrogen-bond donors (Lipinski definition) is 2. The van der Waals surface area contributed by atoms with Crippen molar-refractivity contribution in [2.24, 2.45) is 0 Å². The van der Waals surface area contributed by atoms with Crippen LogP contribution in [0, 0.1) is 6.92 Å². The third-order valence-corrected chi connectivity index (χ3v) is 4.08. The monoisotopic (exact) mass is 331 g/mol. The standard InChI is InChI=1S/C15H17N5O2S/c1-8(2)13-12(9(3)18-19-13)14(21)16-6-11-17-15(22-20-11)10-4-5-23-7-10/h4-5,7-8H,6H2,1-3H3,(H,16,21)(H,18,19). The first-order valence-electron chi connectivity index (χ1n) is 7.24. The van der Waals surface area contributed by atoms with Crippen molar-refractivity contribution in [3.8, 4) is 11.5 Å². The third kappa shape index (κ3) is 3.16. The molecule has 23 heavy (non-hydrogen) atoms. The van der Waals surface area contributed by atoms with Crippen LogP contribution in [0.2, 0.25) is 0 Å². The van der Waals surface area contributed by atoms with E-state index in [1.807, 2.05) is 37.6 Å². The molecule has 0 radical (unpaired) electrons. The van der Waals surface area contributed by atoms with E-state index in [1.54, 1.807) is 11.3 Å². The highest BCUT2D eigenvalue weighted by molar-refractivity contribution is 7.08. The van der Waals surface area contributed by atoms with E-state index in [9.17, 15) is 4.79 Å². The molecule has 1 amide bonds. The Hall–Kier alpha value is -2.48. The molecule has 0 bridgehead atoms. The van der Waals surface area contributed by atoms with E-state index >= 15 is 0 Å². The summed E-state index contributed by atoms with van der Waals surface area (Å²) >= 11 is 1.56. The molecule has 3 rings (SSSR count). The minimum atomic E-state index is -0.193. The van der Waals surface area contributed by atoms with Gasteiger partial charge in [0.05, 0.1) is 23.4 Å². The first-order chi connectivity index (χ1) is 11.1. The molecule has 3 aromatic heterocycles. The first-order valence-corrected chi connectivity index (χ1v) is 8.18. The Kier molecular flexibility index (Phi) is 4.24. The summed E-state index contributed by atoms with van der Waals surface area (Å²) in [5.41, 5.74) is 2.97. The van der Waals surface area contributed by atoms with Gasteiger partial charge in [-0.05, 0) is 24.3 Å². The maximum Gasteiger partial charge on any atom is 0.258 e. The number of rotatable bonds is 5. The van der Waals surface area contributed by atoms with E-state index in [2.05, 4.69) is 25.7 Å². The zero-order valence-corrected chi connectivity index (χ0v) is 13.9. The largest absolute Gasteiger partial charge is 0.344 e. The molecule has 0 aliphatic rings. The maximum absolute atomic E-state index is 12.4. The van der Waals surface area contributed by atoms with E-state index in [-0.39, 0.29) is 18.4 Å². The molecule has 3 aromatic rings. The fraction of sp³-hybridized carbons (Fsp3) is 0.333. The summed E-state index contributed by atoms with van der Waals surface area (Å²) in [6.07, 6.45) is 0. The highest BCUT2D eigenvalue weighted by Gasteiger charge is 2.20. The summed E-state index contributed by atoms with van der Waals surface area (Å²) in [4.78, 5) is 16.7. The molecule has 0 saturated carbocycles. The Balaban J connectivity index is 1.69. The van der Waals surface area contributed by atoms with Crippen LogP contribution in [0.15, 0.2) is 21.3 Å². The number of hydrogen-bond acceptors (Lipinski definition) is 6. The average Bonchev–Trinajstić information content (AvgIpc) is 3.24. The number of aromatic amines is 1. The van der Waals surface area contributed by atoms with E-state index in [4.69, 9.17) is 4.52 Å². The van der Waals surface area contributed by atoms with Crippen molar-refractivity contribution < 1.29 is 9.32 Å². The lowest BCUT2D eigenvalue weighted by Gasteiger charge is -2.06. The van der Waals surface area contributed by atoms with Crippen LogP contribution in [-0.4, -0.2) is 26.2 Å². The third-order valence-electron chi connectivity index (χ3n) is 3.39. The molecular formula is C15H17N5O2S. The van der Waals surface area contributed by atoms with Crippen LogP contribution in [0.3, 0.4) is 0 Å². The van der Waals surface area contributed by atoms with Crippen LogP contribution in [0.25, 0.3) is 11.5 Å². The number of carbonyl (C=O) groups excluding carboxylic acids is 1. The Bertz CT molecular complexity index is 804. The fourth-order valence-electron chi connectivity index (χ4n) is 2.23. The van der Waals surface area contributed by atoms with Crippen molar-refractivity contribution >= 4 is 17.2 Å². The number of H-pyrrole nitrogens is 1. The van der Waals surface area contributed by atoms with E-state index < -0.39 is 0 Å². The van der Waals surface area contributed by atoms with Crippen LogP contribution < -0.4 is 5.32 Å². The van der Waals surface area contributed by atoms with Gasteiger partial charge in [0.2, 0.25) is 0 Å². The maximum atomic E-state index is 12.4. The predicted molar refractivity (Wildman–Crippen MR) is 86.2 cm³/mol. The van der Waals surface area contributed by atoms with Gasteiger partial charge < -0.3 is 9.84 Å². The lowest BCUT2D eigenvalue weighted by atomic mass is 10.0. The van der Waals surface area contributed by atoms with Crippen LogP contribution in [0.4, 0.5) is 0 Å². The lowest BCUT2D eigenvalue weighted by molar-refractivity contribution is 0.0948. The minimum Gasteiger partial charge on any atom is -0.344 e. The summed E-state index contributed by atoms with van der Waals surface area (Å²) in [5.74, 6) is 0.863. The van der Waals surface area contributed by atoms with Crippen LogP contribution >= 0.6 is 11.3 Å². The highest BCUT2D eigenvalue weighted by atomic mass is 32.1. The topological polar surface area (TPSA) is 96.7 Å². The van der Waals surface area contributed by atoms with Gasteiger partial charge in [0.25, 0.3) is 11.8 Å². The van der Waals surface area contributed by atoms with Crippen LogP contribution in [0.1, 0.15) is 47.3 Å². The molecule has 0 aromatic carbocycles. The number of aromatic nitrogens is 4. The average molecular weight is 331 g/mol. The second kappa shape index (κ2) is 6.33. The smallest absolute Gasteiger partial charge is 0.258 e. The minimum absolute atomic E-state index is 0.163. The van der Waals surface area contributed by atoms with Gasteiger partial charge >= 0.3 is 0 Å².